The third-order valence-corrected chi connectivity index (χ3v) is 6.41. The molecular weight excluding hydrogens is 467 g/mol. The summed E-state index contributed by atoms with van der Waals surface area (Å²) >= 11 is 6.42. The molecule has 3 aromatic carbocycles. The van der Waals surface area contributed by atoms with Gasteiger partial charge in [-0.2, -0.15) is 0 Å². The smallest absolute Gasteiger partial charge is 0.252 e. The minimum Gasteiger partial charge on any atom is -0.351 e. The lowest BCUT2D eigenvalue weighted by molar-refractivity contribution is 0.0952. The molecule has 2 aromatic heterocycles. The highest BCUT2D eigenvalue weighted by molar-refractivity contribution is 6.34. The number of amides is 1. The van der Waals surface area contributed by atoms with E-state index in [1.807, 2.05) is 19.9 Å². The zero-order valence-corrected chi connectivity index (χ0v) is 19.8. The molecule has 0 saturated heterocycles. The van der Waals surface area contributed by atoms with Gasteiger partial charge in [-0.3, -0.25) is 9.36 Å². The molecule has 9 heteroatoms. The van der Waals surface area contributed by atoms with Gasteiger partial charge in [0.25, 0.3) is 5.91 Å². The number of carbonyl (C=O) groups excluding carboxylic acids is 1. The number of benzene rings is 3. The highest BCUT2D eigenvalue weighted by atomic mass is 35.5. The second kappa shape index (κ2) is 9.31. The van der Waals surface area contributed by atoms with E-state index in [0.29, 0.717) is 16.4 Å². The Kier molecular flexibility index (Phi) is 6.05. The number of aromatic amines is 1. The van der Waals surface area contributed by atoms with Gasteiger partial charge < -0.3 is 10.3 Å². The summed E-state index contributed by atoms with van der Waals surface area (Å²) in [5.41, 5.74) is 5.97. The van der Waals surface area contributed by atoms with Crippen LogP contribution in [0, 0.1) is 19.7 Å². The van der Waals surface area contributed by atoms with Crippen molar-refractivity contribution in [2.24, 2.45) is 0 Å². The number of rotatable bonds is 6. The number of carbonyl (C=O) groups is 1. The molecule has 5 rings (SSSR count). The molecular formula is C26H22ClFN6O. The zero-order valence-electron chi connectivity index (χ0n) is 19.1. The van der Waals surface area contributed by atoms with Crippen molar-refractivity contribution < 1.29 is 9.18 Å². The van der Waals surface area contributed by atoms with E-state index in [1.54, 1.807) is 47.6 Å². The Labute approximate surface area is 206 Å². The molecule has 0 fully saturated rings. The van der Waals surface area contributed by atoms with Gasteiger partial charge >= 0.3 is 0 Å². The second-order valence-corrected chi connectivity index (χ2v) is 8.83. The molecule has 176 valence electrons. The molecule has 0 bridgehead atoms. The first-order valence-corrected chi connectivity index (χ1v) is 11.4. The third kappa shape index (κ3) is 4.65. The number of fused-ring (bicyclic) bond motifs is 1. The minimum absolute atomic E-state index is 0.242. The number of nitrogens with one attached hydrogen (secondary N) is 2. The van der Waals surface area contributed by atoms with Gasteiger partial charge in [-0.25, -0.2) is 9.37 Å². The summed E-state index contributed by atoms with van der Waals surface area (Å²) in [5, 5.41) is 10.8. The summed E-state index contributed by atoms with van der Waals surface area (Å²) in [6.45, 7) is 4.33. The first-order chi connectivity index (χ1) is 16.9. The molecule has 0 aliphatic rings. The Balaban J connectivity index is 1.42. The standard InChI is InChI=1S/C26H22ClFN6O/c1-15-9-23-24(10-16(15)2)33-25(32-23)21(17-3-5-18(28)6-4-17)12-29-26(35)20-8-7-19(11-22(20)27)34-13-30-31-14-34/h3-11,13-14,21H,12H2,1-2H3,(H,29,35)(H,32,33)/t21-/m0/s1. The van der Waals surface area contributed by atoms with Gasteiger partial charge in [0, 0.05) is 12.2 Å². The lowest BCUT2D eigenvalue weighted by Crippen LogP contribution is -2.29. The summed E-state index contributed by atoms with van der Waals surface area (Å²) < 4.78 is 15.3. The third-order valence-electron chi connectivity index (χ3n) is 6.10. The SMILES string of the molecule is Cc1cc2nc([C@@H](CNC(=O)c3ccc(-n4cnnc4)cc3Cl)c3ccc(F)cc3)[nH]c2cc1C. The maximum Gasteiger partial charge on any atom is 0.252 e. The van der Waals surface area contributed by atoms with E-state index >= 15 is 0 Å². The van der Waals surface area contributed by atoms with Crippen LogP contribution in [0.1, 0.15) is 38.8 Å². The van der Waals surface area contributed by atoms with Gasteiger partial charge in [-0.1, -0.05) is 23.7 Å². The predicted octanol–water partition coefficient (Wildman–Crippen LogP) is 5.11. The van der Waals surface area contributed by atoms with Crippen LogP contribution in [-0.4, -0.2) is 37.2 Å². The van der Waals surface area contributed by atoms with E-state index in [-0.39, 0.29) is 24.2 Å². The van der Waals surface area contributed by atoms with Crippen molar-refractivity contribution in [2.75, 3.05) is 6.54 Å². The first-order valence-electron chi connectivity index (χ1n) is 11.0. The Morgan fingerprint density at radius 1 is 1.06 bits per heavy atom. The number of aromatic nitrogens is 5. The summed E-state index contributed by atoms with van der Waals surface area (Å²) in [6, 6.07) is 15.4. The monoisotopic (exact) mass is 488 g/mol. The summed E-state index contributed by atoms with van der Waals surface area (Å²) in [6.07, 6.45) is 3.10. The lowest BCUT2D eigenvalue weighted by Gasteiger charge is -2.17. The Hall–Kier alpha value is -4.04. The maximum atomic E-state index is 13.6. The van der Waals surface area contributed by atoms with E-state index in [4.69, 9.17) is 16.6 Å². The van der Waals surface area contributed by atoms with E-state index in [1.165, 1.54) is 12.1 Å². The van der Waals surface area contributed by atoms with Crippen LogP contribution in [0.4, 0.5) is 4.39 Å². The van der Waals surface area contributed by atoms with Crippen molar-refractivity contribution in [3.8, 4) is 5.69 Å². The number of hydrogen-bond donors (Lipinski definition) is 2. The fourth-order valence-corrected chi connectivity index (χ4v) is 4.26. The normalized spacial score (nSPS) is 12.1. The largest absolute Gasteiger partial charge is 0.351 e. The van der Waals surface area contributed by atoms with Crippen LogP contribution in [0.3, 0.4) is 0 Å². The molecule has 0 radical (unpaired) electrons. The number of imidazole rings is 1. The molecule has 0 aliphatic carbocycles. The van der Waals surface area contributed by atoms with Crippen LogP contribution >= 0.6 is 11.6 Å². The van der Waals surface area contributed by atoms with Crippen molar-refractivity contribution in [3.63, 3.8) is 0 Å². The van der Waals surface area contributed by atoms with Gasteiger partial charge in [-0.15, -0.1) is 10.2 Å². The highest BCUT2D eigenvalue weighted by Gasteiger charge is 2.21. The maximum absolute atomic E-state index is 13.6. The Morgan fingerprint density at radius 2 is 1.77 bits per heavy atom. The molecule has 2 N–H and O–H groups in total. The van der Waals surface area contributed by atoms with Crippen molar-refractivity contribution in [1.82, 2.24) is 30.0 Å². The van der Waals surface area contributed by atoms with Crippen LogP contribution < -0.4 is 5.32 Å². The molecule has 5 aromatic rings. The fraction of sp³-hybridized carbons (Fsp3) is 0.154. The van der Waals surface area contributed by atoms with Crippen molar-refractivity contribution in [1.29, 1.82) is 0 Å². The number of nitrogens with zero attached hydrogens (tertiary/aromatic N) is 4. The van der Waals surface area contributed by atoms with Gasteiger partial charge in [0.2, 0.25) is 0 Å². The summed E-state index contributed by atoms with van der Waals surface area (Å²) in [5.74, 6) is -0.277. The zero-order chi connectivity index (χ0) is 24.5. The molecule has 35 heavy (non-hydrogen) atoms. The number of aryl methyl sites for hydroxylation is 2. The van der Waals surface area contributed by atoms with Crippen molar-refractivity contribution >= 4 is 28.5 Å². The lowest BCUT2D eigenvalue weighted by atomic mass is 9.98. The fourth-order valence-electron chi connectivity index (χ4n) is 3.99. The summed E-state index contributed by atoms with van der Waals surface area (Å²) in [4.78, 5) is 21.2. The van der Waals surface area contributed by atoms with Gasteiger partial charge in [0.1, 0.15) is 24.3 Å². The van der Waals surface area contributed by atoms with E-state index in [2.05, 4.69) is 26.6 Å². The molecule has 0 aliphatic heterocycles. The van der Waals surface area contributed by atoms with Gasteiger partial charge in [-0.05, 0) is 73.0 Å². The molecule has 0 spiro atoms. The van der Waals surface area contributed by atoms with E-state index < -0.39 is 0 Å². The first kappa shape index (κ1) is 22.7. The van der Waals surface area contributed by atoms with Gasteiger partial charge in [0.05, 0.1) is 27.5 Å². The topological polar surface area (TPSA) is 88.5 Å². The van der Waals surface area contributed by atoms with Crippen LogP contribution in [0.15, 0.2) is 67.3 Å². The van der Waals surface area contributed by atoms with E-state index in [9.17, 15) is 9.18 Å². The van der Waals surface area contributed by atoms with E-state index in [0.717, 1.165) is 33.4 Å². The Morgan fingerprint density at radius 3 is 2.49 bits per heavy atom. The molecule has 7 nitrogen and oxygen atoms in total. The quantitative estimate of drug-likeness (QED) is 0.347. The second-order valence-electron chi connectivity index (χ2n) is 8.42. The number of hydrogen-bond acceptors (Lipinski definition) is 4. The molecule has 2 heterocycles. The molecule has 1 amide bonds. The predicted molar refractivity (Wildman–Crippen MR) is 133 cm³/mol. The molecule has 0 unspecified atom stereocenters. The number of H-pyrrole nitrogens is 1. The number of halogens is 2. The average Bonchev–Trinajstić information content (AvgIpc) is 3.51. The van der Waals surface area contributed by atoms with Crippen LogP contribution in [-0.2, 0) is 0 Å². The summed E-state index contributed by atoms with van der Waals surface area (Å²) in [7, 11) is 0. The van der Waals surface area contributed by atoms with Crippen LogP contribution in [0.5, 0.6) is 0 Å². The van der Waals surface area contributed by atoms with Crippen LogP contribution in [0.2, 0.25) is 5.02 Å². The van der Waals surface area contributed by atoms with Gasteiger partial charge in [0.15, 0.2) is 0 Å². The minimum atomic E-state index is -0.327. The Bertz CT molecular complexity index is 1470. The van der Waals surface area contributed by atoms with Crippen LogP contribution in [0.25, 0.3) is 16.7 Å². The highest BCUT2D eigenvalue weighted by Crippen LogP contribution is 2.27. The van der Waals surface area contributed by atoms with Crippen molar-refractivity contribution in [2.45, 2.75) is 19.8 Å². The van der Waals surface area contributed by atoms with Crippen molar-refractivity contribution in [3.05, 3.63) is 106 Å². The molecule has 1 atom stereocenters. The molecule has 0 saturated carbocycles. The average molecular weight is 489 g/mol.